The van der Waals surface area contributed by atoms with Crippen LogP contribution in [0.25, 0.3) is 0 Å². The topological polar surface area (TPSA) is 35.5 Å². The van der Waals surface area contributed by atoms with Crippen LogP contribution < -0.4 is 0 Å². The number of hydrogen-bond donors (Lipinski definition) is 0. The van der Waals surface area contributed by atoms with Crippen LogP contribution in [0.4, 0.5) is 0 Å². The van der Waals surface area contributed by atoms with Crippen LogP contribution in [0.5, 0.6) is 0 Å². The van der Waals surface area contributed by atoms with Crippen molar-refractivity contribution >= 4 is 5.97 Å². The zero-order valence-electron chi connectivity index (χ0n) is 6.29. The molecule has 0 saturated carbocycles. The summed E-state index contributed by atoms with van der Waals surface area (Å²) in [6.45, 7) is 2.58. The largest absolute Gasteiger partial charge is 0.469 e. The van der Waals surface area contributed by atoms with Crippen LogP contribution in [-0.2, 0) is 14.3 Å². The smallest absolute Gasteiger partial charge is 0.311 e. The third kappa shape index (κ3) is 1.29. The molecule has 0 bridgehead atoms. The number of methoxy groups -OCH3 is 1. The Hall–Kier alpha value is -0.570. The highest BCUT2D eigenvalue weighted by Crippen LogP contribution is 2.20. The second-order valence-electron chi connectivity index (χ2n) is 2.49. The van der Waals surface area contributed by atoms with Gasteiger partial charge in [-0.2, -0.15) is 0 Å². The van der Waals surface area contributed by atoms with E-state index >= 15 is 0 Å². The first-order valence-corrected chi connectivity index (χ1v) is 3.45. The predicted octanol–water partition coefficient (Wildman–Crippen LogP) is 0.584. The van der Waals surface area contributed by atoms with Gasteiger partial charge in [-0.25, -0.2) is 0 Å². The maximum Gasteiger partial charge on any atom is 0.311 e. The molecule has 1 aliphatic rings. The number of esters is 1. The van der Waals surface area contributed by atoms with Gasteiger partial charge in [0.15, 0.2) is 0 Å². The standard InChI is InChI=1S/C7H12O3/c1-5-6(3-4-10-5)7(8)9-2/h5-6H,3-4H2,1-2H3/t5-,6+/m1/s1. The highest BCUT2D eigenvalue weighted by Gasteiger charge is 2.31. The average molecular weight is 144 g/mol. The Bertz CT molecular complexity index is 133. The molecule has 1 aliphatic heterocycles. The van der Waals surface area contributed by atoms with E-state index in [4.69, 9.17) is 4.74 Å². The molecule has 1 saturated heterocycles. The molecule has 1 fully saturated rings. The SMILES string of the molecule is COC(=O)[C@H]1CCO[C@@H]1C. The molecule has 2 atom stereocenters. The van der Waals surface area contributed by atoms with Gasteiger partial charge in [-0.15, -0.1) is 0 Å². The highest BCUT2D eigenvalue weighted by atomic mass is 16.5. The molecule has 0 aromatic heterocycles. The lowest BCUT2D eigenvalue weighted by Crippen LogP contribution is -2.22. The van der Waals surface area contributed by atoms with Gasteiger partial charge in [0.2, 0.25) is 0 Å². The van der Waals surface area contributed by atoms with Crippen LogP contribution >= 0.6 is 0 Å². The maximum absolute atomic E-state index is 10.9. The van der Waals surface area contributed by atoms with E-state index < -0.39 is 0 Å². The maximum atomic E-state index is 10.9. The molecule has 3 nitrogen and oxygen atoms in total. The van der Waals surface area contributed by atoms with Gasteiger partial charge < -0.3 is 9.47 Å². The molecule has 0 radical (unpaired) electrons. The van der Waals surface area contributed by atoms with Gasteiger partial charge in [0.25, 0.3) is 0 Å². The number of rotatable bonds is 1. The van der Waals surface area contributed by atoms with E-state index in [9.17, 15) is 4.79 Å². The van der Waals surface area contributed by atoms with Crippen LogP contribution in [0, 0.1) is 5.92 Å². The minimum atomic E-state index is -0.148. The van der Waals surface area contributed by atoms with E-state index in [0.717, 1.165) is 6.42 Å². The fourth-order valence-corrected chi connectivity index (χ4v) is 1.19. The van der Waals surface area contributed by atoms with Crippen LogP contribution in [0.3, 0.4) is 0 Å². The molecule has 0 amide bonds. The first kappa shape index (κ1) is 7.54. The number of carbonyl (C=O) groups is 1. The minimum absolute atomic E-state index is 0.0347. The van der Waals surface area contributed by atoms with Crippen molar-refractivity contribution in [2.45, 2.75) is 19.4 Å². The Kier molecular flexibility index (Phi) is 2.27. The van der Waals surface area contributed by atoms with Crippen molar-refractivity contribution in [1.82, 2.24) is 0 Å². The van der Waals surface area contributed by atoms with Crippen molar-refractivity contribution < 1.29 is 14.3 Å². The van der Waals surface area contributed by atoms with Crippen molar-refractivity contribution in [3.05, 3.63) is 0 Å². The van der Waals surface area contributed by atoms with Gasteiger partial charge in [0.05, 0.1) is 19.1 Å². The van der Waals surface area contributed by atoms with E-state index in [1.807, 2.05) is 6.92 Å². The van der Waals surface area contributed by atoms with E-state index in [0.29, 0.717) is 6.61 Å². The molecule has 3 heteroatoms. The Morgan fingerprint density at radius 1 is 1.70 bits per heavy atom. The summed E-state index contributed by atoms with van der Waals surface area (Å²) in [4.78, 5) is 10.9. The van der Waals surface area contributed by atoms with E-state index in [2.05, 4.69) is 4.74 Å². The molecule has 0 unspecified atom stereocenters. The lowest BCUT2D eigenvalue weighted by atomic mass is 10.0. The van der Waals surface area contributed by atoms with Crippen molar-refractivity contribution in [1.29, 1.82) is 0 Å². The summed E-state index contributed by atoms with van der Waals surface area (Å²) in [5, 5.41) is 0. The molecule has 58 valence electrons. The normalized spacial score (nSPS) is 32.2. The summed E-state index contributed by atoms with van der Waals surface area (Å²) < 4.78 is 9.77. The summed E-state index contributed by atoms with van der Waals surface area (Å²) in [7, 11) is 1.41. The third-order valence-electron chi connectivity index (χ3n) is 1.88. The van der Waals surface area contributed by atoms with Crippen molar-refractivity contribution in [3.63, 3.8) is 0 Å². The van der Waals surface area contributed by atoms with E-state index in [1.165, 1.54) is 7.11 Å². The van der Waals surface area contributed by atoms with Gasteiger partial charge >= 0.3 is 5.97 Å². The molecule has 0 aliphatic carbocycles. The second kappa shape index (κ2) is 3.01. The first-order chi connectivity index (χ1) is 4.75. The van der Waals surface area contributed by atoms with Gasteiger partial charge in [0, 0.05) is 6.61 Å². The van der Waals surface area contributed by atoms with Crippen LogP contribution in [0.15, 0.2) is 0 Å². The lowest BCUT2D eigenvalue weighted by Gasteiger charge is -2.09. The minimum Gasteiger partial charge on any atom is -0.469 e. The van der Waals surface area contributed by atoms with Crippen molar-refractivity contribution in [3.8, 4) is 0 Å². The molecule has 0 spiro atoms. The third-order valence-corrected chi connectivity index (χ3v) is 1.88. The Morgan fingerprint density at radius 3 is 2.80 bits per heavy atom. The summed E-state index contributed by atoms with van der Waals surface area (Å²) in [5.41, 5.74) is 0. The number of hydrogen-bond acceptors (Lipinski definition) is 3. The Labute approximate surface area is 60.3 Å². The fourth-order valence-electron chi connectivity index (χ4n) is 1.19. The molecule has 1 heterocycles. The molecule has 0 aromatic rings. The molecular formula is C7H12O3. The number of ether oxygens (including phenoxy) is 2. The van der Waals surface area contributed by atoms with Gasteiger partial charge in [-0.3, -0.25) is 4.79 Å². The van der Waals surface area contributed by atoms with Crippen LogP contribution in [-0.4, -0.2) is 25.8 Å². The molecular weight excluding hydrogens is 132 g/mol. The number of carbonyl (C=O) groups excluding carboxylic acids is 1. The van der Waals surface area contributed by atoms with Gasteiger partial charge in [-0.05, 0) is 13.3 Å². The van der Waals surface area contributed by atoms with Gasteiger partial charge in [-0.1, -0.05) is 0 Å². The highest BCUT2D eigenvalue weighted by molar-refractivity contribution is 5.73. The summed E-state index contributed by atoms with van der Waals surface area (Å²) in [5.74, 6) is -0.185. The summed E-state index contributed by atoms with van der Waals surface area (Å²) >= 11 is 0. The van der Waals surface area contributed by atoms with Crippen molar-refractivity contribution in [2.24, 2.45) is 5.92 Å². The molecule has 0 aromatic carbocycles. The quantitative estimate of drug-likeness (QED) is 0.505. The van der Waals surface area contributed by atoms with Crippen LogP contribution in [0.2, 0.25) is 0 Å². The second-order valence-corrected chi connectivity index (χ2v) is 2.49. The van der Waals surface area contributed by atoms with E-state index in [1.54, 1.807) is 0 Å². The first-order valence-electron chi connectivity index (χ1n) is 3.45. The molecule has 10 heavy (non-hydrogen) atoms. The molecule has 1 rings (SSSR count). The Morgan fingerprint density at radius 2 is 2.40 bits per heavy atom. The predicted molar refractivity (Wildman–Crippen MR) is 35.5 cm³/mol. The van der Waals surface area contributed by atoms with Crippen LogP contribution in [0.1, 0.15) is 13.3 Å². The lowest BCUT2D eigenvalue weighted by molar-refractivity contribution is -0.146. The zero-order chi connectivity index (χ0) is 7.56. The Balaban J connectivity index is 2.46. The molecule has 0 N–H and O–H groups in total. The summed E-state index contributed by atoms with van der Waals surface area (Å²) in [6.07, 6.45) is 0.834. The fraction of sp³-hybridized carbons (Fsp3) is 0.857. The summed E-state index contributed by atoms with van der Waals surface area (Å²) in [6, 6.07) is 0. The van der Waals surface area contributed by atoms with E-state index in [-0.39, 0.29) is 18.0 Å². The van der Waals surface area contributed by atoms with Crippen molar-refractivity contribution in [2.75, 3.05) is 13.7 Å². The zero-order valence-corrected chi connectivity index (χ0v) is 6.29. The van der Waals surface area contributed by atoms with Gasteiger partial charge in [0.1, 0.15) is 0 Å². The monoisotopic (exact) mass is 144 g/mol. The average Bonchev–Trinajstić information content (AvgIpc) is 2.34.